The number of carbonyl (C=O) groups excluding carboxylic acids is 2. The lowest BCUT2D eigenvalue weighted by molar-refractivity contribution is -0.140. The largest absolute Gasteiger partial charge is 0.495 e. The smallest absolute Gasteiger partial charge is 0.326 e. The maximum atomic E-state index is 13.6. The fourth-order valence-corrected chi connectivity index (χ4v) is 5.31. The van der Waals surface area contributed by atoms with Crippen LogP contribution in [0.3, 0.4) is 0 Å². The summed E-state index contributed by atoms with van der Waals surface area (Å²) in [7, 11) is 1.45. The van der Waals surface area contributed by atoms with Crippen molar-refractivity contribution in [3.63, 3.8) is 0 Å². The third-order valence-corrected chi connectivity index (χ3v) is 7.89. The van der Waals surface area contributed by atoms with E-state index in [1.54, 1.807) is 23.9 Å². The SMILES string of the molecule is CCC(C)[C@H](NC(=O)c1ccc(OC)c(NC(=O)c2cn(-c3ccccc3)nc2-c2ccc(Br)s2)c1)C(=O)O. The van der Waals surface area contributed by atoms with Crippen LogP contribution in [0.25, 0.3) is 16.3 Å². The van der Waals surface area contributed by atoms with E-state index >= 15 is 0 Å². The number of methoxy groups -OCH3 is 1. The van der Waals surface area contributed by atoms with Crippen molar-refractivity contribution < 1.29 is 24.2 Å². The van der Waals surface area contributed by atoms with E-state index in [9.17, 15) is 19.5 Å². The molecule has 2 atom stereocenters. The molecule has 0 aliphatic rings. The molecule has 0 aliphatic carbocycles. The van der Waals surface area contributed by atoms with Crippen LogP contribution in [0.4, 0.5) is 5.69 Å². The van der Waals surface area contributed by atoms with Crippen molar-refractivity contribution >= 4 is 50.7 Å². The van der Waals surface area contributed by atoms with Crippen molar-refractivity contribution in [3.05, 3.63) is 81.8 Å². The molecule has 2 heterocycles. The molecule has 0 fully saturated rings. The first kappa shape index (κ1) is 28.1. The topological polar surface area (TPSA) is 123 Å². The van der Waals surface area contributed by atoms with E-state index in [2.05, 4.69) is 31.7 Å². The molecule has 2 aromatic heterocycles. The van der Waals surface area contributed by atoms with Gasteiger partial charge in [-0.2, -0.15) is 5.10 Å². The number of nitrogens with one attached hydrogen (secondary N) is 2. The molecule has 4 rings (SSSR count). The number of hydrogen-bond acceptors (Lipinski definition) is 6. The van der Waals surface area contributed by atoms with Crippen LogP contribution in [0.15, 0.2) is 70.6 Å². The number of carbonyl (C=O) groups is 3. The van der Waals surface area contributed by atoms with Gasteiger partial charge in [0.15, 0.2) is 0 Å². The number of rotatable bonds is 10. The third-order valence-electron chi connectivity index (χ3n) is 6.26. The molecule has 0 bridgehead atoms. The molecule has 202 valence electrons. The van der Waals surface area contributed by atoms with Crippen LogP contribution in [-0.2, 0) is 4.79 Å². The minimum absolute atomic E-state index is 0.183. The van der Waals surface area contributed by atoms with Gasteiger partial charge in [-0.05, 0) is 64.3 Å². The van der Waals surface area contributed by atoms with E-state index < -0.39 is 23.8 Å². The molecule has 2 aromatic carbocycles. The standard InChI is InChI=1S/C28H27BrN4O5S/c1-4-16(2)24(28(36)37)31-26(34)17-10-11-21(38-3)20(14-17)30-27(35)19-15-33(18-8-6-5-7-9-18)32-25(19)22-12-13-23(29)39-22/h5-16,24H,4H2,1-3H3,(H,30,35)(H,31,34)(H,36,37)/t16?,24-/m0/s1. The van der Waals surface area contributed by atoms with Gasteiger partial charge in [-0.15, -0.1) is 11.3 Å². The predicted octanol–water partition coefficient (Wildman–Crippen LogP) is 5.85. The maximum absolute atomic E-state index is 13.6. The number of para-hydroxylation sites is 1. The summed E-state index contributed by atoms with van der Waals surface area (Å²) in [5.41, 5.74) is 2.06. The maximum Gasteiger partial charge on any atom is 0.326 e. The van der Waals surface area contributed by atoms with Gasteiger partial charge < -0.3 is 20.5 Å². The first-order valence-corrected chi connectivity index (χ1v) is 13.8. The van der Waals surface area contributed by atoms with Crippen molar-refractivity contribution in [2.75, 3.05) is 12.4 Å². The number of hydrogen-bond donors (Lipinski definition) is 3. The van der Waals surface area contributed by atoms with Gasteiger partial charge in [0.05, 0.1) is 32.7 Å². The highest BCUT2D eigenvalue weighted by Crippen LogP contribution is 2.34. The molecule has 2 amide bonds. The van der Waals surface area contributed by atoms with Gasteiger partial charge in [-0.1, -0.05) is 38.5 Å². The average molecular weight is 612 g/mol. The Morgan fingerprint density at radius 3 is 2.46 bits per heavy atom. The van der Waals surface area contributed by atoms with Crippen LogP contribution in [-0.4, -0.2) is 45.8 Å². The Hall–Kier alpha value is -3.96. The van der Waals surface area contributed by atoms with Crippen LogP contribution in [0, 0.1) is 5.92 Å². The van der Waals surface area contributed by atoms with Crippen molar-refractivity contribution in [1.29, 1.82) is 0 Å². The lowest BCUT2D eigenvalue weighted by Gasteiger charge is -2.20. The fraction of sp³-hybridized carbons (Fsp3) is 0.214. The molecule has 4 aromatic rings. The van der Waals surface area contributed by atoms with Crippen molar-refractivity contribution in [2.45, 2.75) is 26.3 Å². The number of thiophene rings is 1. The highest BCUT2D eigenvalue weighted by molar-refractivity contribution is 9.11. The number of anilines is 1. The molecule has 0 saturated heterocycles. The number of amides is 2. The number of benzene rings is 2. The van der Waals surface area contributed by atoms with Gasteiger partial charge in [0.1, 0.15) is 17.5 Å². The normalized spacial score (nSPS) is 12.4. The zero-order chi connectivity index (χ0) is 28.1. The van der Waals surface area contributed by atoms with Gasteiger partial charge in [-0.25, -0.2) is 9.48 Å². The quantitative estimate of drug-likeness (QED) is 0.207. The Morgan fingerprint density at radius 2 is 1.85 bits per heavy atom. The molecule has 0 aliphatic heterocycles. The summed E-state index contributed by atoms with van der Waals surface area (Å²) < 4.78 is 7.96. The zero-order valence-electron chi connectivity index (χ0n) is 21.5. The number of carboxylic acid groups (broad SMARTS) is 1. The summed E-state index contributed by atoms with van der Waals surface area (Å²) in [6.07, 6.45) is 2.24. The second kappa shape index (κ2) is 12.3. The molecular formula is C28H27BrN4O5S. The summed E-state index contributed by atoms with van der Waals surface area (Å²) >= 11 is 4.92. The highest BCUT2D eigenvalue weighted by atomic mass is 79.9. The molecule has 11 heteroatoms. The molecule has 9 nitrogen and oxygen atoms in total. The van der Waals surface area contributed by atoms with Crippen LogP contribution < -0.4 is 15.4 Å². The lowest BCUT2D eigenvalue weighted by Crippen LogP contribution is -2.45. The van der Waals surface area contributed by atoms with E-state index in [0.29, 0.717) is 23.4 Å². The van der Waals surface area contributed by atoms with E-state index in [1.165, 1.54) is 30.6 Å². The molecule has 0 spiro atoms. The Bertz CT molecular complexity index is 1500. The number of halogens is 1. The average Bonchev–Trinajstić information content (AvgIpc) is 3.58. The molecule has 3 N–H and O–H groups in total. The van der Waals surface area contributed by atoms with Crippen molar-refractivity contribution in [2.24, 2.45) is 5.92 Å². The zero-order valence-corrected chi connectivity index (χ0v) is 23.9. The molecule has 0 radical (unpaired) electrons. The highest BCUT2D eigenvalue weighted by Gasteiger charge is 2.27. The van der Waals surface area contributed by atoms with Crippen LogP contribution in [0.2, 0.25) is 0 Å². The Morgan fingerprint density at radius 1 is 1.10 bits per heavy atom. The Labute approximate surface area is 237 Å². The minimum Gasteiger partial charge on any atom is -0.495 e. The monoisotopic (exact) mass is 610 g/mol. The second-order valence-electron chi connectivity index (χ2n) is 8.82. The molecule has 0 saturated carbocycles. The van der Waals surface area contributed by atoms with Crippen LogP contribution in [0.5, 0.6) is 5.75 Å². The molecule has 39 heavy (non-hydrogen) atoms. The summed E-state index contributed by atoms with van der Waals surface area (Å²) in [5.74, 6) is -2.05. The number of aliphatic carboxylic acids is 1. The number of ether oxygens (including phenoxy) is 1. The van der Waals surface area contributed by atoms with Crippen LogP contribution >= 0.6 is 27.3 Å². The Balaban J connectivity index is 1.67. The van der Waals surface area contributed by atoms with E-state index in [1.807, 2.05) is 49.4 Å². The fourth-order valence-electron chi connectivity index (χ4n) is 3.92. The first-order valence-electron chi connectivity index (χ1n) is 12.2. The lowest BCUT2D eigenvalue weighted by atomic mass is 9.99. The van der Waals surface area contributed by atoms with Gasteiger partial charge >= 0.3 is 5.97 Å². The van der Waals surface area contributed by atoms with Gasteiger partial charge in [0, 0.05) is 11.8 Å². The third kappa shape index (κ3) is 6.37. The number of nitrogens with zero attached hydrogens (tertiary/aromatic N) is 2. The summed E-state index contributed by atoms with van der Waals surface area (Å²) in [6, 6.07) is 16.7. The van der Waals surface area contributed by atoms with Gasteiger partial charge in [0.2, 0.25) is 0 Å². The van der Waals surface area contributed by atoms with E-state index in [-0.39, 0.29) is 17.2 Å². The van der Waals surface area contributed by atoms with Crippen LogP contribution in [0.1, 0.15) is 41.0 Å². The van der Waals surface area contributed by atoms with E-state index in [0.717, 1.165) is 14.4 Å². The number of aromatic nitrogens is 2. The van der Waals surface area contributed by atoms with Crippen molar-refractivity contribution in [3.8, 4) is 22.0 Å². The van der Waals surface area contributed by atoms with E-state index in [4.69, 9.17) is 4.74 Å². The summed E-state index contributed by atoms with van der Waals surface area (Å²) in [5, 5.41) is 19.7. The first-order chi connectivity index (χ1) is 18.7. The Kier molecular flexibility index (Phi) is 8.82. The second-order valence-corrected chi connectivity index (χ2v) is 11.3. The minimum atomic E-state index is -1.11. The summed E-state index contributed by atoms with van der Waals surface area (Å²) in [4.78, 5) is 39.0. The predicted molar refractivity (Wildman–Crippen MR) is 154 cm³/mol. The molecular weight excluding hydrogens is 584 g/mol. The van der Waals surface area contributed by atoms with Gasteiger partial charge in [-0.3, -0.25) is 9.59 Å². The van der Waals surface area contributed by atoms with Gasteiger partial charge in [0.25, 0.3) is 11.8 Å². The van der Waals surface area contributed by atoms with Crippen molar-refractivity contribution in [1.82, 2.24) is 15.1 Å². The summed E-state index contributed by atoms with van der Waals surface area (Å²) in [6.45, 7) is 3.62. The number of carboxylic acids is 1. The molecule has 1 unspecified atom stereocenters.